The smallest absolute Gasteiger partial charge is 0.0834 e. The lowest BCUT2D eigenvalue weighted by atomic mass is 9.87. The van der Waals surface area contributed by atoms with Gasteiger partial charge in [-0.2, -0.15) is 0 Å². The van der Waals surface area contributed by atoms with Crippen molar-refractivity contribution in [3.05, 3.63) is 54.1 Å². The van der Waals surface area contributed by atoms with Crippen molar-refractivity contribution in [1.82, 2.24) is 0 Å². The molecule has 0 heterocycles. The molecule has 0 fully saturated rings. The van der Waals surface area contributed by atoms with Crippen LogP contribution in [0.15, 0.2) is 53.5 Å². The van der Waals surface area contributed by atoms with Gasteiger partial charge in [0, 0.05) is 10.9 Å². The van der Waals surface area contributed by atoms with Gasteiger partial charge < -0.3 is 0 Å². The van der Waals surface area contributed by atoms with Crippen LogP contribution >= 0.6 is 0 Å². The Kier molecular flexibility index (Phi) is 8.93. The van der Waals surface area contributed by atoms with E-state index >= 15 is 0 Å². The predicted molar refractivity (Wildman–Crippen MR) is 127 cm³/mol. The van der Waals surface area contributed by atoms with Gasteiger partial charge in [-0.1, -0.05) is 86.6 Å². The standard InChI is InChI=1S/C26H43S/c1-24(2,3)18-10-12-20-27(21-13-11-19-25(4,5)6)23-16-14-22(15-17-23)26(7,8)9/h10-17H,18-21H2,1-9H3/q+1/b12-10-,13-11-. The SMILES string of the molecule is CC(C)(C)C/C=C\C[S+](C/C=C\CC(C)(C)C)c1ccc(C(C)(C)C)cc1. The highest BCUT2D eigenvalue weighted by Gasteiger charge is 2.21. The Hall–Kier alpha value is -0.950. The summed E-state index contributed by atoms with van der Waals surface area (Å²) >= 11 is 0. The minimum Gasteiger partial charge on any atom is -0.0834 e. The molecule has 0 saturated carbocycles. The Bertz CT molecular complexity index is 570. The lowest BCUT2D eigenvalue weighted by molar-refractivity contribution is 0.420. The van der Waals surface area contributed by atoms with Gasteiger partial charge in [-0.15, -0.1) is 0 Å². The Balaban J connectivity index is 2.86. The van der Waals surface area contributed by atoms with E-state index in [0.29, 0.717) is 10.8 Å². The van der Waals surface area contributed by atoms with Crippen LogP contribution in [0.25, 0.3) is 0 Å². The highest BCUT2D eigenvalue weighted by molar-refractivity contribution is 7.97. The summed E-state index contributed by atoms with van der Waals surface area (Å²) in [6.07, 6.45) is 11.9. The molecule has 0 radical (unpaired) electrons. The van der Waals surface area contributed by atoms with Crippen molar-refractivity contribution >= 4 is 10.9 Å². The van der Waals surface area contributed by atoms with Crippen LogP contribution in [0.5, 0.6) is 0 Å². The molecule has 0 amide bonds. The molecular formula is C26H43S+. The second-order valence-corrected chi connectivity index (χ2v) is 13.2. The molecule has 27 heavy (non-hydrogen) atoms. The van der Waals surface area contributed by atoms with Crippen LogP contribution in [0, 0.1) is 10.8 Å². The lowest BCUT2D eigenvalue weighted by Crippen LogP contribution is -2.13. The highest BCUT2D eigenvalue weighted by atomic mass is 32.2. The van der Waals surface area contributed by atoms with Crippen LogP contribution in [0.1, 0.15) is 80.7 Å². The second-order valence-electron chi connectivity index (χ2n) is 11.1. The molecule has 0 unspecified atom stereocenters. The second kappa shape index (κ2) is 10.0. The predicted octanol–water partition coefficient (Wildman–Crippen LogP) is 7.95. The molecule has 0 spiro atoms. The topological polar surface area (TPSA) is 0 Å². The summed E-state index contributed by atoms with van der Waals surface area (Å²) in [5.41, 5.74) is 2.38. The molecular weight excluding hydrogens is 344 g/mol. The zero-order valence-corrected chi connectivity index (χ0v) is 20.2. The largest absolute Gasteiger partial charge is 0.155 e. The first-order valence-electron chi connectivity index (χ1n) is 10.4. The molecule has 1 heteroatoms. The average Bonchev–Trinajstić information content (AvgIpc) is 2.50. The van der Waals surface area contributed by atoms with Gasteiger partial charge in [-0.05, 0) is 58.9 Å². The summed E-state index contributed by atoms with van der Waals surface area (Å²) in [5, 5.41) is 0. The van der Waals surface area contributed by atoms with E-state index in [1.807, 2.05) is 0 Å². The summed E-state index contributed by atoms with van der Waals surface area (Å²) in [6, 6.07) is 9.37. The van der Waals surface area contributed by atoms with Crippen LogP contribution < -0.4 is 0 Å². The van der Waals surface area contributed by atoms with Crippen LogP contribution in [0.2, 0.25) is 0 Å². The monoisotopic (exact) mass is 387 g/mol. The van der Waals surface area contributed by atoms with E-state index in [9.17, 15) is 0 Å². The fraction of sp³-hybridized carbons (Fsp3) is 0.615. The Labute approximate surface area is 172 Å². The van der Waals surface area contributed by atoms with Gasteiger partial charge in [-0.25, -0.2) is 0 Å². The highest BCUT2D eigenvalue weighted by Crippen LogP contribution is 2.25. The molecule has 0 saturated heterocycles. The van der Waals surface area contributed by atoms with Crippen molar-refractivity contribution in [1.29, 1.82) is 0 Å². The number of rotatable bonds is 7. The fourth-order valence-corrected chi connectivity index (χ4v) is 4.43. The molecule has 0 atom stereocenters. The van der Waals surface area contributed by atoms with Gasteiger partial charge in [0.1, 0.15) is 11.5 Å². The minimum atomic E-state index is 0.219. The maximum atomic E-state index is 2.41. The maximum Gasteiger partial charge on any atom is 0.155 e. The van der Waals surface area contributed by atoms with Crippen LogP contribution in [0.3, 0.4) is 0 Å². The minimum absolute atomic E-state index is 0.219. The molecule has 0 aromatic heterocycles. The number of hydrogen-bond acceptors (Lipinski definition) is 0. The van der Waals surface area contributed by atoms with Gasteiger partial charge in [0.25, 0.3) is 0 Å². The maximum absolute atomic E-state index is 2.41. The quantitative estimate of drug-likeness (QED) is 0.329. The Morgan fingerprint density at radius 1 is 0.630 bits per heavy atom. The van der Waals surface area contributed by atoms with Gasteiger partial charge in [0.05, 0.1) is 0 Å². The van der Waals surface area contributed by atoms with Gasteiger partial charge in [0.2, 0.25) is 0 Å². The summed E-state index contributed by atoms with van der Waals surface area (Å²) in [6.45, 7) is 20.7. The first-order valence-corrected chi connectivity index (χ1v) is 11.9. The summed E-state index contributed by atoms with van der Waals surface area (Å²) in [7, 11) is 0.247. The summed E-state index contributed by atoms with van der Waals surface area (Å²) < 4.78 is 0. The van der Waals surface area contributed by atoms with E-state index in [4.69, 9.17) is 0 Å². The zero-order valence-electron chi connectivity index (χ0n) is 19.4. The zero-order chi connectivity index (χ0) is 20.7. The van der Waals surface area contributed by atoms with E-state index in [-0.39, 0.29) is 16.3 Å². The van der Waals surface area contributed by atoms with E-state index in [0.717, 1.165) is 24.3 Å². The summed E-state index contributed by atoms with van der Waals surface area (Å²) in [5.74, 6) is 2.29. The van der Waals surface area contributed by atoms with E-state index < -0.39 is 0 Å². The molecule has 1 aromatic rings. The van der Waals surface area contributed by atoms with Crippen molar-refractivity contribution in [2.45, 2.75) is 85.5 Å². The lowest BCUT2D eigenvalue weighted by Gasteiger charge is -2.19. The molecule has 152 valence electrons. The van der Waals surface area contributed by atoms with Crippen molar-refractivity contribution in [3.63, 3.8) is 0 Å². The number of allylic oxidation sites excluding steroid dienone is 2. The third-order valence-electron chi connectivity index (χ3n) is 4.44. The summed E-state index contributed by atoms with van der Waals surface area (Å²) in [4.78, 5) is 1.49. The molecule has 1 aromatic carbocycles. The van der Waals surface area contributed by atoms with Gasteiger partial charge in [0.15, 0.2) is 4.90 Å². The first-order chi connectivity index (χ1) is 12.3. The van der Waals surface area contributed by atoms with Crippen molar-refractivity contribution in [2.24, 2.45) is 10.8 Å². The van der Waals surface area contributed by atoms with Crippen molar-refractivity contribution in [3.8, 4) is 0 Å². The van der Waals surface area contributed by atoms with Crippen LogP contribution in [0.4, 0.5) is 0 Å². The van der Waals surface area contributed by atoms with E-state index in [1.165, 1.54) is 10.5 Å². The van der Waals surface area contributed by atoms with E-state index in [2.05, 4.69) is 111 Å². The first kappa shape index (κ1) is 24.1. The number of benzene rings is 1. The molecule has 0 aliphatic heterocycles. The Morgan fingerprint density at radius 2 is 1.04 bits per heavy atom. The normalized spacial score (nSPS) is 14.0. The molecule has 0 nitrogen and oxygen atoms in total. The Morgan fingerprint density at radius 3 is 1.37 bits per heavy atom. The molecule has 0 bridgehead atoms. The van der Waals surface area contributed by atoms with Gasteiger partial charge >= 0.3 is 0 Å². The fourth-order valence-electron chi connectivity index (χ4n) is 2.65. The molecule has 0 N–H and O–H groups in total. The molecule has 0 aliphatic carbocycles. The third kappa shape index (κ3) is 10.8. The van der Waals surface area contributed by atoms with Crippen LogP contribution in [-0.2, 0) is 16.3 Å². The molecule has 1 rings (SSSR count). The average molecular weight is 388 g/mol. The van der Waals surface area contributed by atoms with Crippen LogP contribution in [-0.4, -0.2) is 11.5 Å². The van der Waals surface area contributed by atoms with Crippen molar-refractivity contribution in [2.75, 3.05) is 11.5 Å². The van der Waals surface area contributed by atoms with Crippen molar-refractivity contribution < 1.29 is 0 Å². The number of hydrogen-bond donors (Lipinski definition) is 0. The van der Waals surface area contributed by atoms with E-state index in [1.54, 1.807) is 0 Å². The third-order valence-corrected chi connectivity index (χ3v) is 6.57. The molecule has 0 aliphatic rings. The van der Waals surface area contributed by atoms with Gasteiger partial charge in [-0.3, -0.25) is 0 Å².